The fourth-order valence-electron chi connectivity index (χ4n) is 4.43. The highest BCUT2D eigenvalue weighted by Crippen LogP contribution is 2.28. The molecule has 0 unspecified atom stereocenters. The Hall–Kier alpha value is -3.66. The van der Waals surface area contributed by atoms with Crippen molar-refractivity contribution in [3.05, 3.63) is 131 Å². The van der Waals surface area contributed by atoms with E-state index >= 15 is 0 Å². The van der Waals surface area contributed by atoms with Crippen LogP contribution < -0.4 is 0 Å². The Balaban J connectivity index is 1.81. The van der Waals surface area contributed by atoms with Crippen LogP contribution in [0, 0.1) is 27.7 Å². The van der Waals surface area contributed by atoms with E-state index in [0.29, 0.717) is 7.42 Å². The zero-order chi connectivity index (χ0) is 34.8. The molecule has 4 rings (SSSR count). The lowest BCUT2D eigenvalue weighted by atomic mass is 10.2. The largest absolute Gasteiger partial charge is 0.256 e. The van der Waals surface area contributed by atoms with Crippen LogP contribution in [0.3, 0.4) is 0 Å². The van der Waals surface area contributed by atoms with Crippen molar-refractivity contribution in [2.75, 3.05) is 13.1 Å². The number of aryl methyl sites for hydroxylation is 4. The normalized spacial score (nSPS) is 13.3. The van der Waals surface area contributed by atoms with Gasteiger partial charge in [-0.1, -0.05) is 89.9 Å². The number of sulfonamides is 4. The summed E-state index contributed by atoms with van der Waals surface area (Å²) >= 11 is 0. The zero-order valence-corrected chi connectivity index (χ0v) is 29.8. The van der Waals surface area contributed by atoms with E-state index in [1.54, 1.807) is 27.7 Å². The Morgan fingerprint density at radius 2 is 0.681 bits per heavy atom. The lowest BCUT2D eigenvalue weighted by molar-refractivity contribution is 0.503. The Morgan fingerprint density at radius 1 is 0.447 bits per heavy atom. The molecule has 0 saturated carbocycles. The minimum absolute atomic E-state index is 0.0829. The molecule has 0 aliphatic rings. The SMILES string of the molecule is C/C(=C\CN(S(=O)(=O)c1ccc(C)cc1)S(=O)(=O)c1ccc(C)cc1)CN(S(=O)(=O)c1ccc(C)cc1)S(=O)(=O)c1ccc(C)cc1. The van der Waals surface area contributed by atoms with E-state index in [9.17, 15) is 33.7 Å². The van der Waals surface area contributed by atoms with Gasteiger partial charge in [0.2, 0.25) is 0 Å². The van der Waals surface area contributed by atoms with Crippen LogP contribution in [0.25, 0.3) is 0 Å². The molecule has 0 amide bonds. The molecule has 0 N–H and O–H groups in total. The first-order valence-electron chi connectivity index (χ1n) is 14.3. The monoisotopic (exact) mass is 716 g/mol. The first-order chi connectivity index (χ1) is 21.9. The fourth-order valence-corrected chi connectivity index (χ4v) is 11.7. The predicted octanol–water partition coefficient (Wildman–Crippen LogP) is 5.33. The van der Waals surface area contributed by atoms with E-state index in [0.717, 1.165) is 22.3 Å². The minimum atomic E-state index is -4.66. The fraction of sp³-hybridized carbons (Fsp3) is 0.212. The maximum absolute atomic E-state index is 13.9. The summed E-state index contributed by atoms with van der Waals surface area (Å²) in [4.78, 5) is -1.07. The number of nitrogens with zero attached hydrogens (tertiary/aromatic N) is 2. The maximum atomic E-state index is 13.9. The van der Waals surface area contributed by atoms with Crippen molar-refractivity contribution >= 4 is 40.1 Å². The molecule has 0 saturated heterocycles. The summed E-state index contributed by atoms with van der Waals surface area (Å²) in [6.07, 6.45) is 1.19. The highest BCUT2D eigenvalue weighted by atomic mass is 32.3. The van der Waals surface area contributed by atoms with Gasteiger partial charge in [-0.25, -0.2) is 33.7 Å². The molecule has 250 valence electrons. The zero-order valence-electron chi connectivity index (χ0n) is 26.5. The van der Waals surface area contributed by atoms with Gasteiger partial charge in [0, 0.05) is 6.54 Å². The van der Waals surface area contributed by atoms with Gasteiger partial charge in [-0.05, 0) is 83.1 Å². The van der Waals surface area contributed by atoms with Crippen molar-refractivity contribution in [2.45, 2.75) is 54.2 Å². The smallest absolute Gasteiger partial charge is 0.206 e. The molecule has 0 spiro atoms. The highest BCUT2D eigenvalue weighted by molar-refractivity contribution is 8.04. The molecule has 0 aromatic heterocycles. The average Bonchev–Trinajstić information content (AvgIpc) is 3.00. The summed E-state index contributed by atoms with van der Waals surface area (Å²) in [5.74, 6) is 0. The van der Waals surface area contributed by atoms with Crippen molar-refractivity contribution in [1.29, 1.82) is 0 Å². The second-order valence-corrected chi connectivity index (χ2v) is 19.1. The molecule has 0 heterocycles. The third kappa shape index (κ3) is 7.91. The van der Waals surface area contributed by atoms with E-state index in [-0.39, 0.29) is 25.2 Å². The summed E-state index contributed by atoms with van der Waals surface area (Å²) in [6.45, 7) is 6.97. The third-order valence-corrected chi connectivity index (χ3v) is 15.8. The quantitative estimate of drug-likeness (QED) is 0.179. The second-order valence-electron chi connectivity index (χ2n) is 11.2. The summed E-state index contributed by atoms with van der Waals surface area (Å²) < 4.78 is 111. The van der Waals surface area contributed by atoms with E-state index in [2.05, 4.69) is 0 Å². The van der Waals surface area contributed by atoms with E-state index in [1.807, 2.05) is 0 Å². The first-order valence-corrected chi connectivity index (χ1v) is 20.1. The van der Waals surface area contributed by atoms with Crippen molar-refractivity contribution < 1.29 is 33.7 Å². The molecule has 0 fully saturated rings. The van der Waals surface area contributed by atoms with Crippen molar-refractivity contribution in [3.8, 4) is 0 Å². The summed E-state index contributed by atoms with van der Waals surface area (Å²) in [7, 11) is -18.6. The Morgan fingerprint density at radius 3 is 0.936 bits per heavy atom. The van der Waals surface area contributed by atoms with Crippen LogP contribution in [0.15, 0.2) is 128 Å². The Bertz CT molecular complexity index is 2060. The van der Waals surface area contributed by atoms with Crippen molar-refractivity contribution in [3.63, 3.8) is 0 Å². The van der Waals surface area contributed by atoms with Crippen molar-refractivity contribution in [2.24, 2.45) is 0 Å². The number of rotatable bonds is 12. The van der Waals surface area contributed by atoms with Crippen LogP contribution in [0.5, 0.6) is 0 Å². The number of hydrogen-bond acceptors (Lipinski definition) is 8. The van der Waals surface area contributed by atoms with Crippen LogP contribution in [0.2, 0.25) is 0 Å². The molecule has 47 heavy (non-hydrogen) atoms. The van der Waals surface area contributed by atoms with Gasteiger partial charge in [0.05, 0.1) is 26.1 Å². The van der Waals surface area contributed by atoms with Crippen LogP contribution in [-0.2, 0) is 40.1 Å². The molecule has 0 bridgehead atoms. The standard InChI is InChI=1S/C33H36N2O8S4/c1-25-6-14-30(15-7-25)44(36,37)34(45(38,39)31-16-8-26(2)9-17-31)23-22-29(5)24-35(46(40,41)32-18-10-27(3)11-19-32)47(42,43)33-20-12-28(4)13-21-33/h6-22H,23-24H2,1-5H3/b29-22+. The van der Waals surface area contributed by atoms with Gasteiger partial charge in [0.15, 0.2) is 0 Å². The summed E-state index contributed by atoms with van der Waals surface area (Å²) in [5.41, 5.74) is 3.13. The molecule has 10 nitrogen and oxygen atoms in total. The topological polar surface area (TPSA) is 143 Å². The second kappa shape index (κ2) is 13.8. The Labute approximate surface area is 278 Å². The van der Waals surface area contributed by atoms with Gasteiger partial charge in [-0.15, -0.1) is 0 Å². The molecule has 0 atom stereocenters. The molecular formula is C33H36N2O8S4. The molecule has 4 aromatic carbocycles. The van der Waals surface area contributed by atoms with Crippen LogP contribution in [-0.4, -0.2) is 54.2 Å². The number of hydrogen-bond donors (Lipinski definition) is 0. The number of benzene rings is 4. The van der Waals surface area contributed by atoms with Crippen molar-refractivity contribution in [1.82, 2.24) is 7.42 Å². The predicted molar refractivity (Wildman–Crippen MR) is 181 cm³/mol. The van der Waals surface area contributed by atoms with Crippen LogP contribution in [0.1, 0.15) is 29.2 Å². The van der Waals surface area contributed by atoms with Crippen LogP contribution >= 0.6 is 0 Å². The molecule has 0 radical (unpaired) electrons. The minimum Gasteiger partial charge on any atom is -0.206 e. The molecule has 0 aliphatic heterocycles. The molecule has 0 aliphatic carbocycles. The molecular weight excluding hydrogens is 681 g/mol. The van der Waals surface area contributed by atoms with E-state index in [1.165, 1.54) is 110 Å². The molecule has 4 aromatic rings. The van der Waals surface area contributed by atoms with Gasteiger partial charge in [0.25, 0.3) is 40.1 Å². The summed E-state index contributed by atoms with van der Waals surface area (Å²) in [5, 5.41) is 0. The third-order valence-electron chi connectivity index (χ3n) is 7.32. The van der Waals surface area contributed by atoms with E-state index in [4.69, 9.17) is 0 Å². The average molecular weight is 717 g/mol. The van der Waals surface area contributed by atoms with Gasteiger partial charge in [-0.3, -0.25) is 0 Å². The van der Waals surface area contributed by atoms with Gasteiger partial charge >= 0.3 is 0 Å². The molecule has 14 heteroatoms. The Kier molecular flexibility index (Phi) is 10.6. The summed E-state index contributed by atoms with van der Waals surface area (Å²) in [6, 6.07) is 22.7. The van der Waals surface area contributed by atoms with E-state index < -0.39 is 53.2 Å². The van der Waals surface area contributed by atoms with Gasteiger partial charge in [-0.2, -0.15) is 0 Å². The van der Waals surface area contributed by atoms with Gasteiger partial charge in [0.1, 0.15) is 0 Å². The maximum Gasteiger partial charge on any atom is 0.256 e. The van der Waals surface area contributed by atoms with Gasteiger partial charge < -0.3 is 0 Å². The lowest BCUT2D eigenvalue weighted by Gasteiger charge is -2.24. The van der Waals surface area contributed by atoms with Crippen LogP contribution in [0.4, 0.5) is 0 Å². The lowest BCUT2D eigenvalue weighted by Crippen LogP contribution is -2.39. The first kappa shape index (κ1) is 36.2. The highest BCUT2D eigenvalue weighted by Gasteiger charge is 2.38.